The zero-order valence-electron chi connectivity index (χ0n) is 10.0. The molecule has 0 heterocycles. The van der Waals surface area contributed by atoms with Gasteiger partial charge < -0.3 is 14.6 Å². The smallest absolute Gasteiger partial charge is 0.409 e. The minimum atomic E-state index is -1.06. The molecule has 0 saturated heterocycles. The standard InChI is InChI=1S/C10H21NO4/c1-6-14-7(2)8(12)11-9(13)15-10(3,4)5/h7-8,12H,6H2,1-5H3,(H,11,13). The molecule has 0 saturated carbocycles. The van der Waals surface area contributed by atoms with Crippen molar-refractivity contribution in [2.75, 3.05) is 6.61 Å². The summed E-state index contributed by atoms with van der Waals surface area (Å²) in [5.74, 6) is 0. The molecule has 0 aromatic rings. The SMILES string of the molecule is CCOC(C)C(O)NC(=O)OC(C)(C)C. The van der Waals surface area contributed by atoms with Crippen LogP contribution in [0, 0.1) is 0 Å². The van der Waals surface area contributed by atoms with Crippen LogP contribution in [-0.2, 0) is 9.47 Å². The van der Waals surface area contributed by atoms with Crippen LogP contribution in [0.2, 0.25) is 0 Å². The molecule has 0 rings (SSSR count). The molecule has 0 spiro atoms. The van der Waals surface area contributed by atoms with E-state index in [1.54, 1.807) is 27.7 Å². The lowest BCUT2D eigenvalue weighted by Crippen LogP contribution is -2.45. The number of amides is 1. The highest BCUT2D eigenvalue weighted by molar-refractivity contribution is 5.67. The third-order valence-corrected chi connectivity index (χ3v) is 1.54. The van der Waals surface area contributed by atoms with Crippen LogP contribution >= 0.6 is 0 Å². The van der Waals surface area contributed by atoms with Crippen LogP contribution in [-0.4, -0.2) is 35.7 Å². The molecule has 0 aliphatic carbocycles. The summed E-state index contributed by atoms with van der Waals surface area (Å²) in [5.41, 5.74) is -0.571. The summed E-state index contributed by atoms with van der Waals surface area (Å²) in [6.45, 7) is 9.23. The molecule has 5 heteroatoms. The Labute approximate surface area is 90.8 Å². The van der Waals surface area contributed by atoms with E-state index in [1.807, 2.05) is 6.92 Å². The molecule has 1 amide bonds. The summed E-state index contributed by atoms with van der Waals surface area (Å²) < 4.78 is 10.1. The average Bonchev–Trinajstić information content (AvgIpc) is 2.00. The molecule has 0 aromatic heterocycles. The second-order valence-electron chi connectivity index (χ2n) is 4.25. The Bertz CT molecular complexity index is 200. The third-order valence-electron chi connectivity index (χ3n) is 1.54. The number of rotatable bonds is 4. The normalized spacial score (nSPS) is 15.6. The van der Waals surface area contributed by atoms with Crippen molar-refractivity contribution in [3.63, 3.8) is 0 Å². The average molecular weight is 219 g/mol. The minimum absolute atomic E-state index is 0.456. The largest absolute Gasteiger partial charge is 0.444 e. The zero-order chi connectivity index (χ0) is 12.1. The van der Waals surface area contributed by atoms with Gasteiger partial charge >= 0.3 is 6.09 Å². The number of alkyl carbamates (subject to hydrolysis) is 1. The Morgan fingerprint density at radius 2 is 2.00 bits per heavy atom. The maximum absolute atomic E-state index is 11.2. The number of ether oxygens (including phenoxy) is 2. The molecule has 0 radical (unpaired) electrons. The predicted octanol–water partition coefficient (Wildman–Crippen LogP) is 1.25. The number of aliphatic hydroxyl groups excluding tert-OH is 1. The molecular weight excluding hydrogens is 198 g/mol. The van der Waals surface area contributed by atoms with Crippen molar-refractivity contribution in [1.29, 1.82) is 0 Å². The van der Waals surface area contributed by atoms with Crippen molar-refractivity contribution in [1.82, 2.24) is 5.32 Å². The van der Waals surface area contributed by atoms with Crippen LogP contribution in [0.1, 0.15) is 34.6 Å². The molecule has 0 bridgehead atoms. The molecule has 90 valence electrons. The fraction of sp³-hybridized carbons (Fsp3) is 0.900. The van der Waals surface area contributed by atoms with Gasteiger partial charge in [-0.2, -0.15) is 0 Å². The Balaban J connectivity index is 3.96. The van der Waals surface area contributed by atoms with Gasteiger partial charge in [-0.25, -0.2) is 4.79 Å². The van der Waals surface area contributed by atoms with Crippen molar-refractivity contribution < 1.29 is 19.4 Å². The van der Waals surface area contributed by atoms with Gasteiger partial charge in [0.2, 0.25) is 0 Å². The van der Waals surface area contributed by atoms with Crippen molar-refractivity contribution in [3.8, 4) is 0 Å². The molecule has 2 unspecified atom stereocenters. The first kappa shape index (κ1) is 14.2. The molecule has 0 fully saturated rings. The van der Waals surface area contributed by atoms with Crippen LogP contribution in [0.3, 0.4) is 0 Å². The number of nitrogens with one attached hydrogen (secondary N) is 1. The summed E-state index contributed by atoms with van der Waals surface area (Å²) in [6, 6.07) is 0. The lowest BCUT2D eigenvalue weighted by Gasteiger charge is -2.23. The molecule has 2 atom stereocenters. The van der Waals surface area contributed by atoms with Crippen LogP contribution < -0.4 is 5.32 Å². The molecule has 0 aliphatic rings. The molecule has 0 aliphatic heterocycles. The van der Waals surface area contributed by atoms with Crippen molar-refractivity contribution >= 4 is 6.09 Å². The highest BCUT2D eigenvalue weighted by Gasteiger charge is 2.21. The quantitative estimate of drug-likeness (QED) is 0.698. The Kier molecular flexibility index (Phi) is 5.60. The zero-order valence-corrected chi connectivity index (χ0v) is 10.0. The van der Waals surface area contributed by atoms with Gasteiger partial charge in [0.25, 0.3) is 0 Å². The first-order valence-corrected chi connectivity index (χ1v) is 5.05. The Morgan fingerprint density at radius 3 is 2.40 bits per heavy atom. The lowest BCUT2D eigenvalue weighted by molar-refractivity contribution is -0.0414. The number of aliphatic hydroxyl groups is 1. The molecular formula is C10H21NO4. The summed E-state index contributed by atoms with van der Waals surface area (Å²) in [7, 11) is 0. The highest BCUT2D eigenvalue weighted by Crippen LogP contribution is 2.07. The molecule has 15 heavy (non-hydrogen) atoms. The first-order chi connectivity index (χ1) is 6.76. The lowest BCUT2D eigenvalue weighted by atomic mass is 10.2. The molecule has 2 N–H and O–H groups in total. The maximum atomic E-state index is 11.2. The second kappa shape index (κ2) is 5.92. The van der Waals surface area contributed by atoms with Gasteiger partial charge in [0, 0.05) is 6.61 Å². The summed E-state index contributed by atoms with van der Waals surface area (Å²) in [5, 5.41) is 11.8. The summed E-state index contributed by atoms with van der Waals surface area (Å²) >= 11 is 0. The van der Waals surface area contributed by atoms with E-state index in [9.17, 15) is 9.90 Å². The van der Waals surface area contributed by atoms with Gasteiger partial charge in [-0.15, -0.1) is 0 Å². The van der Waals surface area contributed by atoms with E-state index in [0.29, 0.717) is 6.61 Å². The van der Waals surface area contributed by atoms with Crippen LogP contribution in [0.15, 0.2) is 0 Å². The maximum Gasteiger partial charge on any atom is 0.409 e. The van der Waals surface area contributed by atoms with Gasteiger partial charge in [0.05, 0.1) is 6.10 Å². The van der Waals surface area contributed by atoms with E-state index < -0.39 is 24.0 Å². The Hall–Kier alpha value is -0.810. The van der Waals surface area contributed by atoms with E-state index in [-0.39, 0.29) is 0 Å². The van der Waals surface area contributed by atoms with E-state index in [1.165, 1.54) is 0 Å². The van der Waals surface area contributed by atoms with Crippen molar-refractivity contribution in [3.05, 3.63) is 0 Å². The highest BCUT2D eigenvalue weighted by atomic mass is 16.6. The fourth-order valence-electron chi connectivity index (χ4n) is 0.900. The predicted molar refractivity (Wildman–Crippen MR) is 56.5 cm³/mol. The third kappa shape index (κ3) is 7.16. The van der Waals surface area contributed by atoms with Crippen molar-refractivity contribution in [2.45, 2.75) is 52.6 Å². The topological polar surface area (TPSA) is 67.8 Å². The van der Waals surface area contributed by atoms with Crippen LogP contribution in [0.5, 0.6) is 0 Å². The minimum Gasteiger partial charge on any atom is -0.444 e. The first-order valence-electron chi connectivity index (χ1n) is 5.05. The van der Waals surface area contributed by atoms with Gasteiger partial charge in [-0.05, 0) is 34.6 Å². The fourth-order valence-corrected chi connectivity index (χ4v) is 0.900. The second-order valence-corrected chi connectivity index (χ2v) is 4.25. The van der Waals surface area contributed by atoms with E-state index >= 15 is 0 Å². The Morgan fingerprint density at radius 1 is 1.47 bits per heavy atom. The number of hydrogen-bond acceptors (Lipinski definition) is 4. The summed E-state index contributed by atoms with van der Waals surface area (Å²) in [6.07, 6.45) is -2.16. The molecule has 5 nitrogen and oxygen atoms in total. The van der Waals surface area contributed by atoms with Crippen molar-refractivity contribution in [2.24, 2.45) is 0 Å². The van der Waals surface area contributed by atoms with Crippen LogP contribution in [0.4, 0.5) is 4.79 Å². The van der Waals surface area contributed by atoms with E-state index in [2.05, 4.69) is 5.32 Å². The van der Waals surface area contributed by atoms with Crippen LogP contribution in [0.25, 0.3) is 0 Å². The number of hydrogen-bond donors (Lipinski definition) is 2. The number of carbonyl (C=O) groups is 1. The van der Waals surface area contributed by atoms with E-state index in [4.69, 9.17) is 9.47 Å². The van der Waals surface area contributed by atoms with Gasteiger partial charge in [0.15, 0.2) is 6.23 Å². The van der Waals surface area contributed by atoms with Gasteiger partial charge in [0.1, 0.15) is 5.60 Å². The molecule has 0 aromatic carbocycles. The summed E-state index contributed by atoms with van der Waals surface area (Å²) in [4.78, 5) is 11.2. The van der Waals surface area contributed by atoms with E-state index in [0.717, 1.165) is 0 Å². The monoisotopic (exact) mass is 219 g/mol. The van der Waals surface area contributed by atoms with Gasteiger partial charge in [-0.1, -0.05) is 0 Å². The van der Waals surface area contributed by atoms with Gasteiger partial charge in [-0.3, -0.25) is 5.32 Å². The number of carbonyl (C=O) groups excluding carboxylic acids is 1.